The van der Waals surface area contributed by atoms with Gasteiger partial charge in [-0.05, 0) is 19.1 Å². The van der Waals surface area contributed by atoms with Crippen LogP contribution >= 0.6 is 0 Å². The number of aromatic nitrogens is 2. The highest BCUT2D eigenvalue weighted by Crippen LogP contribution is 2.21. The molecule has 2 aromatic rings. The van der Waals surface area contributed by atoms with Gasteiger partial charge in [0.1, 0.15) is 0 Å². The van der Waals surface area contributed by atoms with E-state index < -0.39 is 4.92 Å². The van der Waals surface area contributed by atoms with Gasteiger partial charge in [-0.2, -0.15) is 5.10 Å². The van der Waals surface area contributed by atoms with Crippen LogP contribution in [-0.2, 0) is 0 Å². The third-order valence-electron chi connectivity index (χ3n) is 2.43. The summed E-state index contributed by atoms with van der Waals surface area (Å²) in [6, 6.07) is 8.29. The van der Waals surface area contributed by atoms with Crippen LogP contribution in [-0.4, -0.2) is 15.1 Å². The lowest BCUT2D eigenvalue weighted by Crippen LogP contribution is -2.07. The highest BCUT2D eigenvalue weighted by Gasteiger charge is 2.09. The van der Waals surface area contributed by atoms with Crippen molar-refractivity contribution in [2.24, 2.45) is 0 Å². The van der Waals surface area contributed by atoms with Crippen molar-refractivity contribution in [1.29, 1.82) is 0 Å². The van der Waals surface area contributed by atoms with Crippen molar-refractivity contribution in [3.63, 3.8) is 0 Å². The number of benzene rings is 1. The number of nitrogens with zero attached hydrogens (tertiary/aromatic N) is 2. The van der Waals surface area contributed by atoms with E-state index in [2.05, 4.69) is 15.5 Å². The third kappa shape index (κ3) is 2.60. The Morgan fingerprint density at radius 1 is 1.47 bits per heavy atom. The Balaban J connectivity index is 2.13. The van der Waals surface area contributed by atoms with Crippen LogP contribution in [0.1, 0.15) is 18.7 Å². The molecule has 0 spiro atoms. The summed E-state index contributed by atoms with van der Waals surface area (Å²) in [5.74, 6) is 0. The SMILES string of the molecule is CC(Nc1cccc([N+](=O)[O-])c1)c1ccn[nH]1. The van der Waals surface area contributed by atoms with Crippen LogP contribution in [0.5, 0.6) is 0 Å². The standard InChI is InChI=1S/C11H12N4O2/c1-8(11-5-6-12-14-11)13-9-3-2-4-10(7-9)15(16)17/h2-8,13H,1H3,(H,12,14). The number of nitro groups is 1. The Hall–Kier alpha value is -2.37. The van der Waals surface area contributed by atoms with E-state index in [1.807, 2.05) is 13.0 Å². The molecule has 0 saturated carbocycles. The Bertz CT molecular complexity index is 510. The van der Waals surface area contributed by atoms with Gasteiger partial charge < -0.3 is 5.32 Å². The lowest BCUT2D eigenvalue weighted by atomic mass is 10.2. The second-order valence-electron chi connectivity index (χ2n) is 3.69. The van der Waals surface area contributed by atoms with Gasteiger partial charge in [0, 0.05) is 24.0 Å². The number of hydrogen-bond donors (Lipinski definition) is 2. The van der Waals surface area contributed by atoms with Crippen LogP contribution in [0.15, 0.2) is 36.5 Å². The fraction of sp³-hybridized carbons (Fsp3) is 0.182. The molecule has 6 heteroatoms. The van der Waals surface area contributed by atoms with Crippen LogP contribution < -0.4 is 5.32 Å². The van der Waals surface area contributed by atoms with E-state index in [1.54, 1.807) is 18.3 Å². The van der Waals surface area contributed by atoms with E-state index in [1.165, 1.54) is 12.1 Å². The van der Waals surface area contributed by atoms with Crippen molar-refractivity contribution in [2.45, 2.75) is 13.0 Å². The first kappa shape index (κ1) is 11.1. The minimum Gasteiger partial charge on any atom is -0.377 e. The molecular formula is C11H12N4O2. The molecule has 1 atom stereocenters. The molecular weight excluding hydrogens is 220 g/mol. The molecule has 2 rings (SSSR count). The van der Waals surface area contributed by atoms with E-state index in [9.17, 15) is 10.1 Å². The average molecular weight is 232 g/mol. The fourth-order valence-electron chi connectivity index (χ4n) is 1.54. The molecule has 0 fully saturated rings. The fourth-order valence-corrected chi connectivity index (χ4v) is 1.54. The molecule has 88 valence electrons. The van der Waals surface area contributed by atoms with Gasteiger partial charge in [0.05, 0.1) is 16.7 Å². The monoisotopic (exact) mass is 232 g/mol. The summed E-state index contributed by atoms with van der Waals surface area (Å²) in [5.41, 5.74) is 1.71. The molecule has 1 heterocycles. The van der Waals surface area contributed by atoms with Gasteiger partial charge in [-0.25, -0.2) is 0 Å². The minimum atomic E-state index is -0.411. The number of nitro benzene ring substituents is 1. The van der Waals surface area contributed by atoms with Crippen molar-refractivity contribution >= 4 is 11.4 Å². The first-order valence-corrected chi connectivity index (χ1v) is 5.17. The van der Waals surface area contributed by atoms with Crippen LogP contribution in [0.25, 0.3) is 0 Å². The predicted octanol–water partition coefficient (Wildman–Crippen LogP) is 2.49. The number of nitrogens with one attached hydrogen (secondary N) is 2. The molecule has 0 aliphatic rings. The van der Waals surface area contributed by atoms with Crippen molar-refractivity contribution in [3.05, 3.63) is 52.3 Å². The first-order chi connectivity index (χ1) is 8.16. The number of anilines is 1. The smallest absolute Gasteiger partial charge is 0.271 e. The zero-order valence-corrected chi connectivity index (χ0v) is 9.25. The lowest BCUT2D eigenvalue weighted by Gasteiger charge is -2.13. The summed E-state index contributed by atoms with van der Waals surface area (Å²) < 4.78 is 0. The van der Waals surface area contributed by atoms with E-state index >= 15 is 0 Å². The number of H-pyrrole nitrogens is 1. The van der Waals surface area contributed by atoms with Crippen molar-refractivity contribution in [1.82, 2.24) is 10.2 Å². The minimum absolute atomic E-state index is 0.0134. The Morgan fingerprint density at radius 3 is 2.94 bits per heavy atom. The third-order valence-corrected chi connectivity index (χ3v) is 2.43. The normalized spacial score (nSPS) is 12.1. The zero-order chi connectivity index (χ0) is 12.3. The maximum atomic E-state index is 10.6. The van der Waals surface area contributed by atoms with Gasteiger partial charge in [0.2, 0.25) is 0 Å². The summed E-state index contributed by atoms with van der Waals surface area (Å²) in [6.07, 6.45) is 1.67. The molecule has 17 heavy (non-hydrogen) atoms. The van der Waals surface area contributed by atoms with Crippen LogP contribution in [0.2, 0.25) is 0 Å². The molecule has 0 aliphatic carbocycles. The Kier molecular flexibility index (Phi) is 3.04. The van der Waals surface area contributed by atoms with Gasteiger partial charge >= 0.3 is 0 Å². The Labute approximate surface area is 97.8 Å². The molecule has 0 saturated heterocycles. The quantitative estimate of drug-likeness (QED) is 0.626. The number of rotatable bonds is 4. The van der Waals surface area contributed by atoms with E-state index in [0.717, 1.165) is 5.69 Å². The second-order valence-corrected chi connectivity index (χ2v) is 3.69. The maximum Gasteiger partial charge on any atom is 0.271 e. The lowest BCUT2D eigenvalue weighted by molar-refractivity contribution is -0.384. The predicted molar refractivity (Wildman–Crippen MR) is 63.7 cm³/mol. The van der Waals surface area contributed by atoms with E-state index in [0.29, 0.717) is 5.69 Å². The Morgan fingerprint density at radius 2 is 2.29 bits per heavy atom. The summed E-state index contributed by atoms with van der Waals surface area (Å²) in [7, 11) is 0. The van der Waals surface area contributed by atoms with E-state index in [4.69, 9.17) is 0 Å². The molecule has 0 bridgehead atoms. The molecule has 0 aliphatic heterocycles. The van der Waals surface area contributed by atoms with Gasteiger partial charge in [-0.3, -0.25) is 15.2 Å². The van der Waals surface area contributed by atoms with Crippen molar-refractivity contribution < 1.29 is 4.92 Å². The highest BCUT2D eigenvalue weighted by molar-refractivity contribution is 5.51. The van der Waals surface area contributed by atoms with Gasteiger partial charge in [-0.1, -0.05) is 6.07 Å². The molecule has 1 aromatic carbocycles. The summed E-state index contributed by atoms with van der Waals surface area (Å²) in [6.45, 7) is 1.95. The maximum absolute atomic E-state index is 10.6. The largest absolute Gasteiger partial charge is 0.377 e. The van der Waals surface area contributed by atoms with Crippen LogP contribution in [0.3, 0.4) is 0 Å². The number of aromatic amines is 1. The summed E-state index contributed by atoms with van der Waals surface area (Å²) in [4.78, 5) is 10.2. The van der Waals surface area contributed by atoms with Crippen LogP contribution in [0, 0.1) is 10.1 Å². The first-order valence-electron chi connectivity index (χ1n) is 5.17. The zero-order valence-electron chi connectivity index (χ0n) is 9.25. The molecule has 0 radical (unpaired) electrons. The van der Waals surface area contributed by atoms with Gasteiger partial charge in [0.15, 0.2) is 0 Å². The average Bonchev–Trinajstić information content (AvgIpc) is 2.82. The molecule has 1 unspecified atom stereocenters. The molecule has 0 amide bonds. The van der Waals surface area contributed by atoms with Crippen molar-refractivity contribution in [3.8, 4) is 0 Å². The molecule has 6 nitrogen and oxygen atoms in total. The highest BCUT2D eigenvalue weighted by atomic mass is 16.6. The number of non-ortho nitro benzene ring substituents is 1. The number of hydrogen-bond acceptors (Lipinski definition) is 4. The summed E-state index contributed by atoms with van der Waals surface area (Å²) >= 11 is 0. The molecule has 1 aromatic heterocycles. The summed E-state index contributed by atoms with van der Waals surface area (Å²) in [5, 5.41) is 20.5. The molecule has 2 N–H and O–H groups in total. The van der Waals surface area contributed by atoms with E-state index in [-0.39, 0.29) is 11.7 Å². The van der Waals surface area contributed by atoms with Gasteiger partial charge in [0.25, 0.3) is 5.69 Å². The van der Waals surface area contributed by atoms with Crippen LogP contribution in [0.4, 0.5) is 11.4 Å². The second kappa shape index (κ2) is 4.65. The topological polar surface area (TPSA) is 83.8 Å². The van der Waals surface area contributed by atoms with Gasteiger partial charge in [-0.15, -0.1) is 0 Å². The van der Waals surface area contributed by atoms with Crippen molar-refractivity contribution in [2.75, 3.05) is 5.32 Å².